The Morgan fingerprint density at radius 1 is 0.926 bits per heavy atom. The first-order valence-electron chi connectivity index (χ1n) is 8.61. The van der Waals surface area contributed by atoms with Crippen LogP contribution in [0, 0.1) is 0 Å². The molecule has 2 aromatic rings. The summed E-state index contributed by atoms with van der Waals surface area (Å²) in [6, 6.07) is 14.4. The minimum atomic E-state index is -0.519. The number of hydrogen-bond acceptors (Lipinski definition) is 5. The lowest BCUT2D eigenvalue weighted by Crippen LogP contribution is -2.28. The fourth-order valence-corrected chi connectivity index (χ4v) is 2.51. The second kappa shape index (κ2) is 10.3. The Labute approximate surface area is 163 Å². The van der Waals surface area contributed by atoms with Gasteiger partial charge in [0.1, 0.15) is 0 Å². The van der Waals surface area contributed by atoms with Gasteiger partial charge in [0, 0.05) is 12.2 Å². The highest BCUT2D eigenvalue weighted by molar-refractivity contribution is 7.80. The molecule has 0 amide bonds. The zero-order valence-electron chi connectivity index (χ0n) is 15.3. The fourth-order valence-electron chi connectivity index (χ4n) is 2.32. The van der Waals surface area contributed by atoms with Crippen LogP contribution in [-0.2, 0) is 16.0 Å². The smallest absolute Gasteiger partial charge is 0.338 e. The van der Waals surface area contributed by atoms with Gasteiger partial charge >= 0.3 is 11.9 Å². The van der Waals surface area contributed by atoms with Crippen molar-refractivity contribution in [1.29, 1.82) is 0 Å². The van der Waals surface area contributed by atoms with Crippen LogP contribution in [0.4, 0.5) is 5.69 Å². The third-order valence-corrected chi connectivity index (χ3v) is 3.76. The van der Waals surface area contributed by atoms with Crippen LogP contribution in [0.15, 0.2) is 48.5 Å². The summed E-state index contributed by atoms with van der Waals surface area (Å²) in [4.78, 5) is 24.2. The molecule has 0 atom stereocenters. The van der Waals surface area contributed by atoms with Crippen molar-refractivity contribution in [3.8, 4) is 0 Å². The summed E-state index contributed by atoms with van der Waals surface area (Å²) in [5.74, 6) is -1.04. The van der Waals surface area contributed by atoms with E-state index in [-0.39, 0.29) is 24.3 Å². The molecule has 0 aliphatic heterocycles. The molecule has 0 unspecified atom stereocenters. The van der Waals surface area contributed by atoms with Crippen molar-refractivity contribution < 1.29 is 19.1 Å². The summed E-state index contributed by atoms with van der Waals surface area (Å²) < 4.78 is 10.0. The van der Waals surface area contributed by atoms with Crippen LogP contribution in [0.1, 0.15) is 40.1 Å². The Morgan fingerprint density at radius 2 is 1.48 bits per heavy atom. The summed E-state index contributed by atoms with van der Waals surface area (Å²) in [6.45, 7) is 4.46. The van der Waals surface area contributed by atoms with Gasteiger partial charge in [0.05, 0.1) is 24.3 Å². The zero-order chi connectivity index (χ0) is 19.6. The first-order valence-corrected chi connectivity index (χ1v) is 9.02. The number of hydrogen-bond donors (Lipinski definition) is 2. The van der Waals surface area contributed by atoms with E-state index in [0.717, 1.165) is 5.56 Å². The maximum absolute atomic E-state index is 12.1. The SMILES string of the molecule is CCOC(=O)c1cc(NC(=S)NCc2ccccc2)cc(C(=O)OCC)c1. The molecule has 0 saturated heterocycles. The maximum atomic E-state index is 12.1. The lowest BCUT2D eigenvalue weighted by atomic mass is 10.1. The molecule has 0 fully saturated rings. The van der Waals surface area contributed by atoms with E-state index in [2.05, 4.69) is 10.6 Å². The summed E-state index contributed by atoms with van der Waals surface area (Å²) >= 11 is 5.30. The Morgan fingerprint density at radius 3 is 2.00 bits per heavy atom. The molecule has 0 saturated carbocycles. The largest absolute Gasteiger partial charge is 0.462 e. The van der Waals surface area contributed by atoms with E-state index in [0.29, 0.717) is 17.3 Å². The van der Waals surface area contributed by atoms with Crippen LogP contribution < -0.4 is 10.6 Å². The normalized spacial score (nSPS) is 10.0. The molecule has 142 valence electrons. The van der Waals surface area contributed by atoms with E-state index < -0.39 is 11.9 Å². The minimum Gasteiger partial charge on any atom is -0.462 e. The Kier molecular flexibility index (Phi) is 7.76. The van der Waals surface area contributed by atoms with Gasteiger partial charge in [-0.1, -0.05) is 30.3 Å². The number of carbonyl (C=O) groups is 2. The van der Waals surface area contributed by atoms with Crippen molar-refractivity contribution in [3.05, 3.63) is 65.2 Å². The molecule has 0 aliphatic carbocycles. The van der Waals surface area contributed by atoms with Crippen LogP contribution >= 0.6 is 12.2 Å². The van der Waals surface area contributed by atoms with Gasteiger partial charge in [-0.2, -0.15) is 0 Å². The fraction of sp³-hybridized carbons (Fsp3) is 0.250. The molecule has 7 heteroatoms. The monoisotopic (exact) mass is 386 g/mol. The van der Waals surface area contributed by atoms with Crippen LogP contribution in [0.2, 0.25) is 0 Å². The zero-order valence-corrected chi connectivity index (χ0v) is 16.1. The van der Waals surface area contributed by atoms with E-state index in [4.69, 9.17) is 21.7 Å². The molecular formula is C20H22N2O4S. The lowest BCUT2D eigenvalue weighted by Gasteiger charge is -2.13. The van der Waals surface area contributed by atoms with Crippen molar-refractivity contribution in [1.82, 2.24) is 5.32 Å². The highest BCUT2D eigenvalue weighted by Gasteiger charge is 2.15. The molecule has 2 N–H and O–H groups in total. The molecule has 0 radical (unpaired) electrons. The third-order valence-electron chi connectivity index (χ3n) is 3.51. The molecule has 0 heterocycles. The van der Waals surface area contributed by atoms with Gasteiger partial charge < -0.3 is 20.1 Å². The molecule has 2 aromatic carbocycles. The summed E-state index contributed by atoms with van der Waals surface area (Å²) in [6.07, 6.45) is 0. The van der Waals surface area contributed by atoms with Crippen LogP contribution in [-0.4, -0.2) is 30.3 Å². The van der Waals surface area contributed by atoms with Gasteiger partial charge in [0.25, 0.3) is 0 Å². The minimum absolute atomic E-state index is 0.238. The number of ether oxygens (including phenoxy) is 2. The molecule has 27 heavy (non-hydrogen) atoms. The van der Waals surface area contributed by atoms with E-state index in [1.54, 1.807) is 26.0 Å². The summed E-state index contributed by atoms with van der Waals surface area (Å²) in [5.41, 5.74) is 2.06. The Bertz CT molecular complexity index is 773. The van der Waals surface area contributed by atoms with Crippen LogP contribution in [0.3, 0.4) is 0 Å². The molecule has 0 spiro atoms. The quantitative estimate of drug-likeness (QED) is 0.557. The van der Waals surface area contributed by atoms with Crippen molar-refractivity contribution in [2.24, 2.45) is 0 Å². The predicted molar refractivity (Wildman–Crippen MR) is 108 cm³/mol. The summed E-state index contributed by atoms with van der Waals surface area (Å²) in [5, 5.41) is 6.44. The van der Waals surface area contributed by atoms with Crippen LogP contribution in [0.25, 0.3) is 0 Å². The first-order chi connectivity index (χ1) is 13.0. The average Bonchev–Trinajstić information content (AvgIpc) is 2.67. The second-order valence-corrected chi connectivity index (χ2v) is 5.94. The molecule has 0 aromatic heterocycles. The Balaban J connectivity index is 2.14. The highest BCUT2D eigenvalue weighted by atomic mass is 32.1. The first kappa shape index (κ1) is 20.4. The summed E-state index contributed by atoms with van der Waals surface area (Å²) in [7, 11) is 0. The standard InChI is InChI=1S/C20H22N2O4S/c1-3-25-18(23)15-10-16(19(24)26-4-2)12-17(11-15)22-20(27)21-13-14-8-6-5-7-9-14/h5-12H,3-4,13H2,1-2H3,(H2,21,22,27). The van der Waals surface area contributed by atoms with Crippen molar-refractivity contribution in [2.75, 3.05) is 18.5 Å². The molecule has 0 aliphatic rings. The van der Waals surface area contributed by atoms with Crippen molar-refractivity contribution >= 4 is 35.0 Å². The van der Waals surface area contributed by atoms with Crippen molar-refractivity contribution in [2.45, 2.75) is 20.4 Å². The number of carbonyl (C=O) groups excluding carboxylic acids is 2. The number of benzene rings is 2. The number of rotatable bonds is 7. The van der Waals surface area contributed by atoms with E-state index in [9.17, 15) is 9.59 Å². The lowest BCUT2D eigenvalue weighted by molar-refractivity contribution is 0.0525. The number of esters is 2. The second-order valence-electron chi connectivity index (χ2n) is 5.53. The molecule has 2 rings (SSSR count). The van der Waals surface area contributed by atoms with Gasteiger partial charge in [-0.25, -0.2) is 9.59 Å². The highest BCUT2D eigenvalue weighted by Crippen LogP contribution is 2.17. The third kappa shape index (κ3) is 6.38. The molecule has 0 bridgehead atoms. The van der Waals surface area contributed by atoms with Crippen LogP contribution in [0.5, 0.6) is 0 Å². The van der Waals surface area contributed by atoms with E-state index in [1.165, 1.54) is 6.07 Å². The topological polar surface area (TPSA) is 76.7 Å². The molecular weight excluding hydrogens is 364 g/mol. The van der Waals surface area contributed by atoms with Gasteiger partial charge in [-0.05, 0) is 49.8 Å². The van der Waals surface area contributed by atoms with E-state index in [1.807, 2.05) is 30.3 Å². The van der Waals surface area contributed by atoms with Gasteiger partial charge in [-0.15, -0.1) is 0 Å². The van der Waals surface area contributed by atoms with Crippen molar-refractivity contribution in [3.63, 3.8) is 0 Å². The number of thiocarbonyl (C=S) groups is 1. The van der Waals surface area contributed by atoms with Gasteiger partial charge in [0.2, 0.25) is 0 Å². The predicted octanol–water partition coefficient (Wildman–Crippen LogP) is 3.53. The van der Waals surface area contributed by atoms with Gasteiger partial charge in [-0.3, -0.25) is 0 Å². The average molecular weight is 386 g/mol. The van der Waals surface area contributed by atoms with Gasteiger partial charge in [0.15, 0.2) is 5.11 Å². The number of anilines is 1. The maximum Gasteiger partial charge on any atom is 0.338 e. The number of nitrogens with one attached hydrogen (secondary N) is 2. The molecule has 6 nitrogen and oxygen atoms in total. The van der Waals surface area contributed by atoms with E-state index >= 15 is 0 Å². The Hall–Kier alpha value is -2.93.